The van der Waals surface area contributed by atoms with Crippen LogP contribution in [-0.2, 0) is 38.3 Å². The molecule has 0 saturated carbocycles. The van der Waals surface area contributed by atoms with Crippen molar-refractivity contribution in [3.8, 4) is 0 Å². The van der Waals surface area contributed by atoms with Gasteiger partial charge in [-0.05, 0) is 12.8 Å². The molecule has 0 amide bonds. The van der Waals surface area contributed by atoms with Gasteiger partial charge in [0.2, 0.25) is 0 Å². The van der Waals surface area contributed by atoms with Crippen molar-refractivity contribution in [2.45, 2.75) is 269 Å². The quantitative estimate of drug-likeness (QED) is 0.0259. The van der Waals surface area contributed by atoms with Gasteiger partial charge >= 0.3 is 16.4 Å². The Morgan fingerprint density at radius 3 is 1.33 bits per heavy atom. The molecule has 6 unspecified atom stereocenters. The smallest absolute Gasteiger partial charge is 0.397 e. The summed E-state index contributed by atoms with van der Waals surface area (Å²) in [7, 11) is -5.06. The van der Waals surface area contributed by atoms with Crippen LogP contribution in [0.1, 0.15) is 232 Å². The summed E-state index contributed by atoms with van der Waals surface area (Å²) in [6.45, 7) is 4.04. The van der Waals surface area contributed by atoms with Crippen LogP contribution in [-0.4, -0.2) is 97.5 Å². The number of rotatable bonds is 44. The Bertz CT molecular complexity index is 1060. The van der Waals surface area contributed by atoms with Crippen molar-refractivity contribution >= 4 is 16.4 Å². The number of hydrogen-bond acceptors (Lipinski definition) is 11. The molecule has 0 aromatic carbocycles. The summed E-state index contributed by atoms with van der Waals surface area (Å²) in [5.74, 6) is -0.392. The van der Waals surface area contributed by atoms with Crippen molar-refractivity contribution in [2.24, 2.45) is 0 Å². The first-order valence-corrected chi connectivity index (χ1v) is 26.2. The van der Waals surface area contributed by atoms with E-state index < -0.39 is 59.8 Å². The third kappa shape index (κ3) is 32.7. The lowest BCUT2D eigenvalue weighted by Crippen LogP contribution is -2.60. The molecular weight excluding hydrogens is 789 g/mol. The molecule has 0 bridgehead atoms. The highest BCUT2D eigenvalue weighted by molar-refractivity contribution is 7.80. The maximum Gasteiger partial charge on any atom is 0.397 e. The summed E-state index contributed by atoms with van der Waals surface area (Å²) in [6.07, 6.45) is 32.7. The van der Waals surface area contributed by atoms with Crippen LogP contribution in [0.4, 0.5) is 0 Å². The third-order valence-corrected chi connectivity index (χ3v) is 12.2. The number of unbranched alkanes of at least 4 members (excludes halogenated alkanes) is 31. The first-order valence-electron chi connectivity index (χ1n) is 24.8. The highest BCUT2D eigenvalue weighted by Gasteiger charge is 2.48. The van der Waals surface area contributed by atoms with Gasteiger partial charge in [0.15, 0.2) is 6.29 Å². The van der Waals surface area contributed by atoms with Crippen LogP contribution in [0.15, 0.2) is 0 Å². The summed E-state index contributed by atoms with van der Waals surface area (Å²) < 4.78 is 59.2. The molecule has 0 aromatic rings. The summed E-state index contributed by atoms with van der Waals surface area (Å²) >= 11 is 0. The summed E-state index contributed by atoms with van der Waals surface area (Å²) in [5.41, 5.74) is 0. The molecular formula is C47H92O12S. The van der Waals surface area contributed by atoms with Gasteiger partial charge in [-0.3, -0.25) is 9.35 Å². The van der Waals surface area contributed by atoms with Crippen LogP contribution in [0.3, 0.4) is 0 Å². The summed E-state index contributed by atoms with van der Waals surface area (Å²) in [4.78, 5) is 12.9. The number of carbonyl (C=O) groups excluding carboxylic acids is 1. The van der Waals surface area contributed by atoms with E-state index in [0.717, 1.165) is 38.5 Å². The topological polar surface area (TPSA) is 178 Å². The van der Waals surface area contributed by atoms with Gasteiger partial charge in [0.25, 0.3) is 0 Å². The molecule has 1 heterocycles. The minimum absolute atomic E-state index is 0.0448. The molecule has 358 valence electrons. The van der Waals surface area contributed by atoms with Gasteiger partial charge in [0.05, 0.1) is 19.8 Å². The van der Waals surface area contributed by atoms with Crippen LogP contribution in [0.25, 0.3) is 0 Å². The van der Waals surface area contributed by atoms with Crippen molar-refractivity contribution in [2.75, 3.05) is 26.4 Å². The van der Waals surface area contributed by atoms with Gasteiger partial charge in [0, 0.05) is 13.0 Å². The Hall–Kier alpha value is -0.900. The van der Waals surface area contributed by atoms with Crippen molar-refractivity contribution in [3.63, 3.8) is 0 Å². The van der Waals surface area contributed by atoms with E-state index >= 15 is 0 Å². The van der Waals surface area contributed by atoms with Gasteiger partial charge in [-0.2, -0.15) is 8.42 Å². The largest absolute Gasteiger partial charge is 0.457 e. The molecule has 13 heteroatoms. The second-order valence-corrected chi connectivity index (χ2v) is 18.5. The van der Waals surface area contributed by atoms with E-state index in [1.54, 1.807) is 0 Å². The molecule has 60 heavy (non-hydrogen) atoms. The average molecular weight is 881 g/mol. The SMILES string of the molecule is CCCCCCCCCCCCCCCCCCCCCC(=O)OC(COCCCCCCCCCCCCCCCC)COC1OC(CO)C(O)C(OS(=O)(=O)O)C1O. The van der Waals surface area contributed by atoms with Crippen molar-refractivity contribution in [3.05, 3.63) is 0 Å². The van der Waals surface area contributed by atoms with E-state index in [1.807, 2.05) is 0 Å². The van der Waals surface area contributed by atoms with E-state index in [9.17, 15) is 33.1 Å². The fourth-order valence-electron chi connectivity index (χ4n) is 7.97. The highest BCUT2D eigenvalue weighted by atomic mass is 32.3. The molecule has 4 N–H and O–H groups in total. The molecule has 1 aliphatic rings. The zero-order valence-electron chi connectivity index (χ0n) is 38.3. The Labute approximate surface area is 366 Å². The Balaban J connectivity index is 2.35. The first-order chi connectivity index (χ1) is 29.1. The van der Waals surface area contributed by atoms with Gasteiger partial charge in [-0.25, -0.2) is 4.18 Å². The molecule has 0 aromatic heterocycles. The van der Waals surface area contributed by atoms with E-state index in [-0.39, 0.29) is 19.6 Å². The second-order valence-electron chi connectivity index (χ2n) is 17.4. The first kappa shape index (κ1) is 57.1. The maximum atomic E-state index is 12.9. The second kappa shape index (κ2) is 39.7. The fourth-order valence-corrected chi connectivity index (χ4v) is 8.48. The van der Waals surface area contributed by atoms with Crippen LogP contribution in [0.5, 0.6) is 0 Å². The zero-order chi connectivity index (χ0) is 43.9. The zero-order valence-corrected chi connectivity index (χ0v) is 39.1. The minimum atomic E-state index is -5.06. The lowest BCUT2D eigenvalue weighted by molar-refractivity contribution is -0.301. The highest BCUT2D eigenvalue weighted by Crippen LogP contribution is 2.26. The predicted molar refractivity (Wildman–Crippen MR) is 239 cm³/mol. The number of aliphatic hydroxyl groups excluding tert-OH is 3. The molecule has 6 atom stereocenters. The van der Waals surface area contributed by atoms with Gasteiger partial charge in [-0.1, -0.05) is 213 Å². The number of esters is 1. The number of aliphatic hydroxyl groups is 3. The van der Waals surface area contributed by atoms with Gasteiger partial charge < -0.3 is 34.3 Å². The normalized spacial score (nSPS) is 20.1. The van der Waals surface area contributed by atoms with Gasteiger partial charge in [-0.15, -0.1) is 0 Å². The number of ether oxygens (including phenoxy) is 4. The van der Waals surface area contributed by atoms with E-state index in [1.165, 1.54) is 167 Å². The molecule has 1 fully saturated rings. The molecule has 0 spiro atoms. The number of carbonyl (C=O) groups is 1. The summed E-state index contributed by atoms with van der Waals surface area (Å²) in [6, 6.07) is 0. The maximum absolute atomic E-state index is 12.9. The van der Waals surface area contributed by atoms with Crippen molar-refractivity contribution in [1.29, 1.82) is 0 Å². The lowest BCUT2D eigenvalue weighted by atomic mass is 9.99. The van der Waals surface area contributed by atoms with Crippen molar-refractivity contribution < 1.29 is 56.2 Å². The Morgan fingerprint density at radius 2 is 0.950 bits per heavy atom. The monoisotopic (exact) mass is 881 g/mol. The Morgan fingerprint density at radius 1 is 0.567 bits per heavy atom. The molecule has 0 aliphatic carbocycles. The van der Waals surface area contributed by atoms with Crippen LogP contribution < -0.4 is 0 Å². The third-order valence-electron chi connectivity index (χ3n) is 11.7. The minimum Gasteiger partial charge on any atom is -0.457 e. The number of hydrogen-bond donors (Lipinski definition) is 4. The molecule has 12 nitrogen and oxygen atoms in total. The molecule has 1 rings (SSSR count). The van der Waals surface area contributed by atoms with Crippen LogP contribution >= 0.6 is 0 Å². The van der Waals surface area contributed by atoms with Gasteiger partial charge in [0.1, 0.15) is 30.5 Å². The molecule has 1 aliphatic heterocycles. The van der Waals surface area contributed by atoms with E-state index in [4.69, 9.17) is 18.9 Å². The van der Waals surface area contributed by atoms with E-state index in [0.29, 0.717) is 13.0 Å². The van der Waals surface area contributed by atoms with Crippen molar-refractivity contribution in [1.82, 2.24) is 0 Å². The van der Waals surface area contributed by atoms with Crippen LogP contribution in [0, 0.1) is 0 Å². The van der Waals surface area contributed by atoms with E-state index in [2.05, 4.69) is 18.0 Å². The lowest BCUT2D eigenvalue weighted by Gasteiger charge is -2.41. The standard InChI is InChI=1S/C47H92O12S/c1-3-5-7-9-11-13-15-17-19-20-21-22-23-24-26-28-30-32-34-36-43(49)57-41(39-55-37-35-33-31-29-27-25-18-16-14-12-10-8-6-4-2)40-56-47-45(51)46(59-60(52,53)54)44(50)42(38-48)58-47/h41-42,44-48,50-51H,3-40H2,1-2H3,(H,52,53,54). The van der Waals surface area contributed by atoms with Crippen LogP contribution in [0.2, 0.25) is 0 Å². The molecule has 1 saturated heterocycles. The fraction of sp³-hybridized carbons (Fsp3) is 0.979. The molecule has 0 radical (unpaired) electrons. The predicted octanol–water partition coefficient (Wildman–Crippen LogP) is 10.9. The average Bonchev–Trinajstić information content (AvgIpc) is 3.22. The Kier molecular flexibility index (Phi) is 37.8. The summed E-state index contributed by atoms with van der Waals surface area (Å²) in [5, 5.41) is 30.7.